The van der Waals surface area contributed by atoms with Crippen molar-refractivity contribution in [2.45, 2.75) is 40.5 Å². The molecule has 80 valence electrons. The molecule has 0 bridgehead atoms. The van der Waals surface area contributed by atoms with Gasteiger partial charge in [-0.2, -0.15) is 0 Å². The molecule has 2 heteroatoms. The molecule has 0 atom stereocenters. The molecule has 1 aromatic carbocycles. The van der Waals surface area contributed by atoms with Gasteiger partial charge in [-0.05, 0) is 30.0 Å². The van der Waals surface area contributed by atoms with E-state index in [2.05, 4.69) is 19.9 Å². The minimum atomic E-state index is 0.698. The summed E-state index contributed by atoms with van der Waals surface area (Å²) in [7, 11) is 0. The molecule has 0 aliphatic carbocycles. The number of hydrogen-bond acceptors (Lipinski definition) is 2. The Bertz CT molecular complexity index is 280. The fourth-order valence-corrected chi connectivity index (χ4v) is 1.48. The van der Waals surface area contributed by atoms with Crippen LogP contribution in [0.5, 0.6) is 0 Å². The average molecular weight is 194 g/mol. The minimum Gasteiger partial charge on any atom is -0.397 e. The van der Waals surface area contributed by atoms with Gasteiger partial charge in [-0.1, -0.05) is 33.8 Å². The van der Waals surface area contributed by atoms with Crippen LogP contribution in [0.1, 0.15) is 38.8 Å². The van der Waals surface area contributed by atoms with Crippen LogP contribution >= 0.6 is 0 Å². The van der Waals surface area contributed by atoms with Crippen molar-refractivity contribution < 1.29 is 0 Å². The highest BCUT2D eigenvalue weighted by molar-refractivity contribution is 5.69. The van der Waals surface area contributed by atoms with Gasteiger partial charge in [-0.25, -0.2) is 0 Å². The second-order valence-electron chi connectivity index (χ2n) is 2.91. The van der Waals surface area contributed by atoms with Gasteiger partial charge in [0.25, 0.3) is 0 Å². The van der Waals surface area contributed by atoms with Crippen molar-refractivity contribution in [3.05, 3.63) is 23.3 Å². The van der Waals surface area contributed by atoms with E-state index in [-0.39, 0.29) is 0 Å². The molecular weight excluding hydrogens is 172 g/mol. The first kappa shape index (κ1) is 12.8. The smallest absolute Gasteiger partial charge is 0.0582 e. The summed E-state index contributed by atoms with van der Waals surface area (Å²) < 4.78 is 0. The topological polar surface area (TPSA) is 52.0 Å². The molecule has 0 aromatic heterocycles. The summed E-state index contributed by atoms with van der Waals surface area (Å²) in [5, 5.41) is 0. The first-order chi connectivity index (χ1) is 6.70. The maximum atomic E-state index is 5.84. The molecule has 0 amide bonds. The zero-order chi connectivity index (χ0) is 11.1. The van der Waals surface area contributed by atoms with Crippen LogP contribution in [0.25, 0.3) is 0 Å². The first-order valence-corrected chi connectivity index (χ1v) is 5.36. The van der Waals surface area contributed by atoms with E-state index in [1.807, 2.05) is 19.9 Å². The molecule has 0 fully saturated rings. The van der Waals surface area contributed by atoms with Gasteiger partial charge in [0.2, 0.25) is 0 Å². The first-order valence-electron chi connectivity index (χ1n) is 5.36. The molecule has 0 unspecified atom stereocenters. The van der Waals surface area contributed by atoms with Crippen molar-refractivity contribution in [1.82, 2.24) is 0 Å². The monoisotopic (exact) mass is 194 g/mol. The number of hydrogen-bond donors (Lipinski definition) is 2. The summed E-state index contributed by atoms with van der Waals surface area (Å²) >= 11 is 0. The second kappa shape index (κ2) is 6.30. The number of nitrogens with two attached hydrogens (primary N) is 2. The zero-order valence-electron chi connectivity index (χ0n) is 9.72. The van der Waals surface area contributed by atoms with Crippen molar-refractivity contribution in [3.8, 4) is 0 Å². The standard InChI is InChI=1S/C10H16N2.C2H6/c1-3-7-5-6-9(11)10(12)8(7)4-2;1-2/h5-6H,3-4,11-12H2,1-2H3;1-2H3. The van der Waals surface area contributed by atoms with Gasteiger partial charge >= 0.3 is 0 Å². The number of aryl methyl sites for hydroxylation is 1. The minimum absolute atomic E-state index is 0.698. The van der Waals surface area contributed by atoms with Gasteiger partial charge in [0.15, 0.2) is 0 Å². The molecule has 0 aliphatic rings. The maximum Gasteiger partial charge on any atom is 0.0582 e. The fourth-order valence-electron chi connectivity index (χ4n) is 1.48. The number of benzene rings is 1. The molecule has 0 saturated carbocycles. The summed E-state index contributed by atoms with van der Waals surface area (Å²) in [5.41, 5.74) is 15.5. The third-order valence-corrected chi connectivity index (χ3v) is 2.22. The lowest BCUT2D eigenvalue weighted by Crippen LogP contribution is -2.02. The van der Waals surface area contributed by atoms with Crippen LogP contribution in [0.2, 0.25) is 0 Å². The fraction of sp³-hybridized carbons (Fsp3) is 0.500. The third kappa shape index (κ3) is 2.66. The Morgan fingerprint density at radius 3 is 2.00 bits per heavy atom. The maximum absolute atomic E-state index is 5.84. The van der Waals surface area contributed by atoms with E-state index in [1.165, 1.54) is 11.1 Å². The van der Waals surface area contributed by atoms with Gasteiger partial charge in [-0.3, -0.25) is 0 Å². The Hall–Kier alpha value is -1.18. The molecule has 14 heavy (non-hydrogen) atoms. The molecule has 0 radical (unpaired) electrons. The molecule has 2 nitrogen and oxygen atoms in total. The molecular formula is C12H22N2. The predicted octanol–water partition coefficient (Wildman–Crippen LogP) is 3.00. The third-order valence-electron chi connectivity index (χ3n) is 2.22. The van der Waals surface area contributed by atoms with E-state index in [9.17, 15) is 0 Å². The highest BCUT2D eigenvalue weighted by Gasteiger charge is 2.05. The molecule has 1 aromatic rings. The van der Waals surface area contributed by atoms with E-state index in [4.69, 9.17) is 11.5 Å². The van der Waals surface area contributed by atoms with Gasteiger partial charge in [0.1, 0.15) is 0 Å². The van der Waals surface area contributed by atoms with E-state index < -0.39 is 0 Å². The Morgan fingerprint density at radius 2 is 1.57 bits per heavy atom. The Balaban J connectivity index is 0.000000791. The van der Waals surface area contributed by atoms with Crippen molar-refractivity contribution in [3.63, 3.8) is 0 Å². The van der Waals surface area contributed by atoms with Crippen LogP contribution in [-0.4, -0.2) is 0 Å². The van der Waals surface area contributed by atoms with Crippen molar-refractivity contribution >= 4 is 11.4 Å². The Kier molecular flexibility index (Phi) is 5.77. The lowest BCUT2D eigenvalue weighted by atomic mass is 10.0. The summed E-state index contributed by atoms with van der Waals surface area (Å²) in [6, 6.07) is 3.94. The van der Waals surface area contributed by atoms with Crippen molar-refractivity contribution in [1.29, 1.82) is 0 Å². The average Bonchev–Trinajstić information content (AvgIpc) is 2.24. The molecule has 0 saturated heterocycles. The highest BCUT2D eigenvalue weighted by Crippen LogP contribution is 2.24. The van der Waals surface area contributed by atoms with Crippen molar-refractivity contribution in [2.75, 3.05) is 11.5 Å². The van der Waals surface area contributed by atoms with Gasteiger partial charge < -0.3 is 11.5 Å². The summed E-state index contributed by atoms with van der Waals surface area (Å²) in [6.07, 6.45) is 1.98. The van der Waals surface area contributed by atoms with E-state index in [0.717, 1.165) is 18.5 Å². The number of anilines is 2. The lowest BCUT2D eigenvalue weighted by Gasteiger charge is -2.10. The molecule has 1 rings (SSSR count). The number of nitrogen functional groups attached to an aromatic ring is 2. The lowest BCUT2D eigenvalue weighted by molar-refractivity contribution is 1.04. The van der Waals surface area contributed by atoms with E-state index >= 15 is 0 Å². The SMILES string of the molecule is CC.CCc1ccc(N)c(N)c1CC. The molecule has 0 heterocycles. The van der Waals surface area contributed by atoms with Gasteiger partial charge in [0.05, 0.1) is 11.4 Å². The predicted molar refractivity (Wildman–Crippen MR) is 65.4 cm³/mol. The molecule has 0 spiro atoms. The van der Waals surface area contributed by atoms with Crippen LogP contribution in [0.15, 0.2) is 12.1 Å². The summed E-state index contributed by atoms with van der Waals surface area (Å²) in [6.45, 7) is 8.23. The summed E-state index contributed by atoms with van der Waals surface area (Å²) in [5.74, 6) is 0. The molecule has 4 N–H and O–H groups in total. The van der Waals surface area contributed by atoms with Crippen LogP contribution < -0.4 is 11.5 Å². The zero-order valence-corrected chi connectivity index (χ0v) is 9.72. The molecule has 0 aliphatic heterocycles. The normalized spacial score (nSPS) is 9.14. The Labute approximate surface area is 87.3 Å². The van der Waals surface area contributed by atoms with E-state index in [1.54, 1.807) is 0 Å². The van der Waals surface area contributed by atoms with Gasteiger partial charge in [-0.15, -0.1) is 0 Å². The van der Waals surface area contributed by atoms with Crippen LogP contribution in [0, 0.1) is 0 Å². The van der Waals surface area contributed by atoms with Crippen LogP contribution in [0.4, 0.5) is 11.4 Å². The number of rotatable bonds is 2. The highest BCUT2D eigenvalue weighted by atomic mass is 14.7. The van der Waals surface area contributed by atoms with Crippen molar-refractivity contribution in [2.24, 2.45) is 0 Å². The van der Waals surface area contributed by atoms with E-state index in [0.29, 0.717) is 5.69 Å². The largest absolute Gasteiger partial charge is 0.397 e. The van der Waals surface area contributed by atoms with Crippen LogP contribution in [0.3, 0.4) is 0 Å². The Morgan fingerprint density at radius 1 is 1.00 bits per heavy atom. The second-order valence-corrected chi connectivity index (χ2v) is 2.91. The quantitative estimate of drug-likeness (QED) is 0.711. The summed E-state index contributed by atoms with van der Waals surface area (Å²) in [4.78, 5) is 0. The van der Waals surface area contributed by atoms with Crippen LogP contribution in [-0.2, 0) is 12.8 Å². The van der Waals surface area contributed by atoms with Gasteiger partial charge in [0, 0.05) is 0 Å².